The maximum absolute atomic E-state index is 12.8. The van der Waals surface area contributed by atoms with E-state index in [1.54, 1.807) is 12.1 Å². The number of benzene rings is 1. The normalized spacial score (nSPS) is 24.7. The number of amides is 1. The number of fused-ring (bicyclic) bond motifs is 2. The van der Waals surface area contributed by atoms with Crippen LogP contribution in [-0.4, -0.2) is 24.0 Å². The molecule has 2 bridgehead atoms. The van der Waals surface area contributed by atoms with Crippen molar-refractivity contribution in [3.05, 3.63) is 46.8 Å². The van der Waals surface area contributed by atoms with Gasteiger partial charge in [-0.25, -0.2) is 0 Å². The van der Waals surface area contributed by atoms with E-state index in [2.05, 4.69) is 10.6 Å². The Balaban J connectivity index is 1.41. The van der Waals surface area contributed by atoms with Crippen molar-refractivity contribution < 1.29 is 22.7 Å². The predicted octanol–water partition coefficient (Wildman–Crippen LogP) is 4.18. The minimum Gasteiger partial charge on any atom is -0.447 e. The van der Waals surface area contributed by atoms with Gasteiger partial charge in [-0.15, -0.1) is 0 Å². The number of alkyl halides is 3. The zero-order chi connectivity index (χ0) is 18.3. The van der Waals surface area contributed by atoms with Crippen LogP contribution in [0.2, 0.25) is 0 Å². The van der Waals surface area contributed by atoms with E-state index in [0.29, 0.717) is 22.0 Å². The fraction of sp³-hybridized carbons (Fsp3) is 0.389. The predicted molar refractivity (Wildman–Crippen MR) is 91.7 cm³/mol. The number of rotatable bonds is 4. The Hall–Kier alpha value is -2.06. The lowest BCUT2D eigenvalue weighted by Crippen LogP contribution is -2.42. The summed E-state index contributed by atoms with van der Waals surface area (Å²) in [4.78, 5) is 12.9. The summed E-state index contributed by atoms with van der Waals surface area (Å²) in [6.07, 6.45) is -1.25. The second-order valence-corrected chi connectivity index (χ2v) is 7.66. The lowest BCUT2D eigenvalue weighted by Gasteiger charge is -2.20. The van der Waals surface area contributed by atoms with Crippen molar-refractivity contribution in [3.63, 3.8) is 0 Å². The van der Waals surface area contributed by atoms with E-state index in [4.69, 9.17) is 4.74 Å². The maximum Gasteiger partial charge on any atom is 0.416 e. The first kappa shape index (κ1) is 17.4. The average Bonchev–Trinajstić information content (AvgIpc) is 3.31. The summed E-state index contributed by atoms with van der Waals surface area (Å²) in [6, 6.07) is 8.87. The second kappa shape index (κ2) is 6.59. The third-order valence-electron chi connectivity index (χ3n) is 4.80. The standard InChI is InChI=1S/C18H17F3N2O2S/c19-18(20,21)10-2-1-3-12(8-10)25-16-7-6-15(26-16)17(24)23-14-9-11-4-5-13(14)22-11/h1-3,6-8,11,13-14,22H,4-5,9H2,(H,23,24)/t11-,13+,14-/m1/s1. The van der Waals surface area contributed by atoms with Crippen LogP contribution in [0.5, 0.6) is 10.8 Å². The lowest BCUT2D eigenvalue weighted by molar-refractivity contribution is -0.137. The zero-order valence-electron chi connectivity index (χ0n) is 13.7. The van der Waals surface area contributed by atoms with Crippen LogP contribution in [0.4, 0.5) is 13.2 Å². The fourth-order valence-electron chi connectivity index (χ4n) is 3.57. The maximum atomic E-state index is 12.8. The van der Waals surface area contributed by atoms with Gasteiger partial charge < -0.3 is 15.4 Å². The molecule has 3 atom stereocenters. The number of carbonyl (C=O) groups is 1. The van der Waals surface area contributed by atoms with Crippen LogP contribution >= 0.6 is 11.3 Å². The largest absolute Gasteiger partial charge is 0.447 e. The Morgan fingerprint density at radius 2 is 2.08 bits per heavy atom. The smallest absolute Gasteiger partial charge is 0.416 e. The quantitative estimate of drug-likeness (QED) is 0.834. The first-order valence-corrected chi connectivity index (χ1v) is 9.22. The molecule has 8 heteroatoms. The molecule has 1 aromatic carbocycles. The fourth-order valence-corrected chi connectivity index (χ4v) is 4.35. The van der Waals surface area contributed by atoms with Gasteiger partial charge in [0.25, 0.3) is 5.91 Å². The van der Waals surface area contributed by atoms with Crippen molar-refractivity contribution in [1.29, 1.82) is 0 Å². The molecule has 2 aliphatic rings. The Bertz CT molecular complexity index is 821. The molecule has 0 saturated carbocycles. The van der Waals surface area contributed by atoms with Gasteiger partial charge in [0.2, 0.25) is 0 Å². The molecule has 1 amide bonds. The minimum atomic E-state index is -4.42. The molecule has 2 saturated heterocycles. The zero-order valence-corrected chi connectivity index (χ0v) is 14.5. The van der Waals surface area contributed by atoms with Crippen LogP contribution in [0.3, 0.4) is 0 Å². The molecule has 4 nitrogen and oxygen atoms in total. The molecular formula is C18H17F3N2O2S. The Kier molecular flexibility index (Phi) is 4.40. The number of nitrogens with one attached hydrogen (secondary N) is 2. The van der Waals surface area contributed by atoms with Crippen LogP contribution in [0.15, 0.2) is 36.4 Å². The number of carbonyl (C=O) groups excluding carboxylic acids is 1. The van der Waals surface area contributed by atoms with Gasteiger partial charge in [0.05, 0.1) is 10.4 Å². The minimum absolute atomic E-state index is 0.0888. The molecule has 2 aromatic rings. The topological polar surface area (TPSA) is 50.4 Å². The van der Waals surface area contributed by atoms with Crippen LogP contribution < -0.4 is 15.4 Å². The van der Waals surface area contributed by atoms with Gasteiger partial charge in [-0.1, -0.05) is 17.4 Å². The highest BCUT2D eigenvalue weighted by molar-refractivity contribution is 7.15. The number of halogens is 3. The lowest BCUT2D eigenvalue weighted by atomic mass is 9.95. The summed E-state index contributed by atoms with van der Waals surface area (Å²) < 4.78 is 43.8. The van der Waals surface area contributed by atoms with Crippen molar-refractivity contribution in [3.8, 4) is 10.8 Å². The summed E-state index contributed by atoms with van der Waals surface area (Å²) in [6.45, 7) is 0. The number of ether oxygens (including phenoxy) is 1. The van der Waals surface area contributed by atoms with Gasteiger partial charge in [-0.3, -0.25) is 4.79 Å². The number of thiophene rings is 1. The molecule has 1 aromatic heterocycles. The molecule has 0 aliphatic carbocycles. The van der Waals surface area contributed by atoms with Crippen LogP contribution in [0, 0.1) is 0 Å². The molecule has 2 aliphatic heterocycles. The molecular weight excluding hydrogens is 365 g/mol. The Morgan fingerprint density at radius 3 is 2.77 bits per heavy atom. The van der Waals surface area contributed by atoms with E-state index in [1.807, 2.05) is 0 Å². The van der Waals surface area contributed by atoms with Gasteiger partial charge >= 0.3 is 6.18 Å². The molecule has 2 N–H and O–H groups in total. The molecule has 138 valence electrons. The highest BCUT2D eigenvalue weighted by atomic mass is 32.1. The van der Waals surface area contributed by atoms with Crippen molar-refractivity contribution in [2.24, 2.45) is 0 Å². The van der Waals surface area contributed by atoms with E-state index in [9.17, 15) is 18.0 Å². The van der Waals surface area contributed by atoms with Crippen LogP contribution in [0.1, 0.15) is 34.5 Å². The van der Waals surface area contributed by atoms with Crippen molar-refractivity contribution >= 4 is 17.2 Å². The van der Waals surface area contributed by atoms with Gasteiger partial charge in [-0.05, 0) is 49.6 Å². The van der Waals surface area contributed by atoms with Gasteiger partial charge in [0.1, 0.15) is 5.75 Å². The summed E-state index contributed by atoms with van der Waals surface area (Å²) in [5.41, 5.74) is -0.770. The van der Waals surface area contributed by atoms with E-state index in [1.165, 1.54) is 12.1 Å². The molecule has 26 heavy (non-hydrogen) atoms. The molecule has 4 rings (SSSR count). The monoisotopic (exact) mass is 382 g/mol. The van der Waals surface area contributed by atoms with Crippen LogP contribution in [0.25, 0.3) is 0 Å². The van der Waals surface area contributed by atoms with E-state index >= 15 is 0 Å². The first-order chi connectivity index (χ1) is 12.4. The third kappa shape index (κ3) is 3.57. The van der Waals surface area contributed by atoms with E-state index in [0.717, 1.165) is 42.7 Å². The highest BCUT2D eigenvalue weighted by Gasteiger charge is 2.39. The Morgan fingerprint density at radius 1 is 1.23 bits per heavy atom. The summed E-state index contributed by atoms with van der Waals surface area (Å²) in [5.74, 6) is -0.0841. The third-order valence-corrected chi connectivity index (χ3v) is 5.76. The van der Waals surface area contributed by atoms with E-state index < -0.39 is 11.7 Å². The molecule has 0 unspecified atom stereocenters. The van der Waals surface area contributed by atoms with Crippen LogP contribution in [-0.2, 0) is 6.18 Å². The van der Waals surface area contributed by atoms with E-state index in [-0.39, 0.29) is 17.7 Å². The molecule has 3 heterocycles. The summed E-state index contributed by atoms with van der Waals surface area (Å²) in [5, 5.41) is 6.88. The second-order valence-electron chi connectivity index (χ2n) is 6.61. The highest BCUT2D eigenvalue weighted by Crippen LogP contribution is 2.35. The first-order valence-electron chi connectivity index (χ1n) is 8.40. The number of hydrogen-bond acceptors (Lipinski definition) is 4. The molecule has 0 spiro atoms. The molecule has 2 fully saturated rings. The SMILES string of the molecule is O=C(N[C@@H]1C[C@H]2CC[C@@H]1N2)c1ccc(Oc2cccc(C(F)(F)F)c2)s1. The summed E-state index contributed by atoms with van der Waals surface area (Å²) >= 11 is 1.12. The average molecular weight is 382 g/mol. The van der Waals surface area contributed by atoms with Gasteiger partial charge in [0.15, 0.2) is 5.06 Å². The molecule has 0 radical (unpaired) electrons. The van der Waals surface area contributed by atoms with Crippen molar-refractivity contribution in [2.75, 3.05) is 0 Å². The van der Waals surface area contributed by atoms with Crippen molar-refractivity contribution in [2.45, 2.75) is 43.6 Å². The van der Waals surface area contributed by atoms with Gasteiger partial charge in [0, 0.05) is 18.1 Å². The number of hydrogen-bond donors (Lipinski definition) is 2. The Labute approximate surface area is 152 Å². The van der Waals surface area contributed by atoms with Crippen molar-refractivity contribution in [1.82, 2.24) is 10.6 Å². The summed E-state index contributed by atoms with van der Waals surface area (Å²) in [7, 11) is 0. The van der Waals surface area contributed by atoms with Gasteiger partial charge in [-0.2, -0.15) is 13.2 Å².